The Morgan fingerprint density at radius 3 is 1.74 bits per heavy atom. The first-order valence-corrected chi connectivity index (χ1v) is 29.5. The quantitative estimate of drug-likeness (QED) is 0.0138. The van der Waals surface area contributed by atoms with Gasteiger partial charge in [-0.05, 0) is 24.1 Å². The number of nitrogens with one attached hydrogen (secondary N) is 1. The van der Waals surface area contributed by atoms with Crippen molar-refractivity contribution in [3.63, 3.8) is 0 Å². The molecule has 2 heterocycles. The lowest BCUT2D eigenvalue weighted by molar-refractivity contribution is -0.149. The molecule has 6 atom stereocenters. The molecule has 2 rings (SSSR count). The number of ether oxygens (including phenoxy) is 2. The van der Waals surface area contributed by atoms with Gasteiger partial charge in [-0.25, -0.2) is 13.9 Å². The summed E-state index contributed by atoms with van der Waals surface area (Å²) in [6, 6.07) is 0.126. The summed E-state index contributed by atoms with van der Waals surface area (Å²) in [5, 5.41) is 3.61. The number of carbonyl (C=O) groups excluding carboxylic acids is 1. The van der Waals surface area contributed by atoms with Crippen molar-refractivity contribution < 1.29 is 46.5 Å². The molecular weight excluding hydrogens is 909 g/mol. The predicted molar refractivity (Wildman–Crippen MR) is 262 cm³/mol. The van der Waals surface area contributed by atoms with Crippen LogP contribution in [0, 0.1) is 0 Å². The molecule has 1 aromatic rings. The number of carbonyl (C=O) groups is 1. The summed E-state index contributed by atoms with van der Waals surface area (Å²) in [7, 11) is -10.5. The molecule has 0 bridgehead atoms. The van der Waals surface area contributed by atoms with E-state index >= 15 is 0 Å². The number of aromatic amines is 1. The molecule has 20 heteroatoms. The standard InChI is InChI=1S/C46H85N5O12P2S/c1-3-5-7-9-11-13-15-17-18-19-21-23-25-27-29-31-35-66-39-40(61-45(53)32-30-28-26-24-22-20-16-14-12-10-8-6-4-2)37-59-64(55,56)63-65(57,58)60-38-42-41(49-50-47)36-44(62-42)51-34-33-43(52)48-46(51)54/h33-34,40-42,44H,3-32,35-39H2,1-2H3,(H,55,56)(H,57,58)(H,48,52,54)/t40?,41?,42-,44-/m1/s1. The first kappa shape index (κ1) is 60.2. The predicted octanol–water partition coefficient (Wildman–Crippen LogP) is 13.1. The molecule has 66 heavy (non-hydrogen) atoms. The Hall–Kier alpha value is -1.97. The number of aromatic nitrogens is 2. The largest absolute Gasteiger partial charge is 0.481 e. The minimum absolute atomic E-state index is 0.0425. The van der Waals surface area contributed by atoms with Crippen LogP contribution in [0.3, 0.4) is 0 Å². The van der Waals surface area contributed by atoms with Crippen molar-refractivity contribution >= 4 is 33.4 Å². The highest BCUT2D eigenvalue weighted by Crippen LogP contribution is 2.60. The van der Waals surface area contributed by atoms with Crippen molar-refractivity contribution in [2.24, 2.45) is 5.11 Å². The number of hydrogen-bond donors (Lipinski definition) is 3. The van der Waals surface area contributed by atoms with Crippen LogP contribution >= 0.6 is 27.4 Å². The van der Waals surface area contributed by atoms with Crippen LogP contribution in [-0.2, 0) is 36.8 Å². The Bertz CT molecular complexity index is 1680. The minimum atomic E-state index is -5.28. The van der Waals surface area contributed by atoms with Gasteiger partial charge in [-0.3, -0.25) is 28.2 Å². The van der Waals surface area contributed by atoms with Crippen molar-refractivity contribution in [2.45, 2.75) is 237 Å². The fourth-order valence-electron chi connectivity index (χ4n) is 8.02. The van der Waals surface area contributed by atoms with Crippen LogP contribution in [0.4, 0.5) is 0 Å². The highest BCUT2D eigenvalue weighted by Gasteiger charge is 2.41. The zero-order chi connectivity index (χ0) is 48.1. The molecule has 1 aliphatic rings. The lowest BCUT2D eigenvalue weighted by atomic mass is 10.0. The molecule has 0 amide bonds. The van der Waals surface area contributed by atoms with Crippen molar-refractivity contribution in [2.75, 3.05) is 24.7 Å². The Balaban J connectivity index is 1.78. The maximum atomic E-state index is 12.9. The van der Waals surface area contributed by atoms with Gasteiger partial charge in [0.05, 0.1) is 25.4 Å². The van der Waals surface area contributed by atoms with E-state index in [1.807, 2.05) is 0 Å². The van der Waals surface area contributed by atoms with Crippen molar-refractivity contribution in [3.8, 4) is 0 Å². The average Bonchev–Trinajstić information content (AvgIpc) is 3.67. The number of phosphoric ester groups is 2. The molecule has 1 saturated heterocycles. The second-order valence-electron chi connectivity index (χ2n) is 17.7. The Morgan fingerprint density at radius 2 is 1.26 bits per heavy atom. The van der Waals surface area contributed by atoms with E-state index in [9.17, 15) is 33.3 Å². The number of thioether (sulfide) groups is 1. The number of phosphoric acid groups is 2. The van der Waals surface area contributed by atoms with Gasteiger partial charge in [0.25, 0.3) is 5.56 Å². The molecule has 0 aliphatic carbocycles. The van der Waals surface area contributed by atoms with Crippen LogP contribution in [0.2, 0.25) is 0 Å². The molecule has 1 aromatic heterocycles. The normalized spacial score (nSPS) is 18.4. The highest BCUT2D eigenvalue weighted by atomic mass is 32.2. The summed E-state index contributed by atoms with van der Waals surface area (Å²) in [5.41, 5.74) is 7.62. The summed E-state index contributed by atoms with van der Waals surface area (Å²) >= 11 is 1.54. The number of rotatable bonds is 44. The first-order valence-electron chi connectivity index (χ1n) is 25.3. The third-order valence-electron chi connectivity index (χ3n) is 11.8. The van der Waals surface area contributed by atoms with Crippen LogP contribution in [0.5, 0.6) is 0 Å². The molecule has 0 spiro atoms. The molecule has 3 N–H and O–H groups in total. The van der Waals surface area contributed by atoms with Gasteiger partial charge in [0.2, 0.25) is 0 Å². The van der Waals surface area contributed by atoms with E-state index in [4.69, 9.17) is 24.1 Å². The lowest BCUT2D eigenvalue weighted by Crippen LogP contribution is -2.31. The number of unbranched alkanes of at least 4 members (excludes halogenated alkanes) is 27. The van der Waals surface area contributed by atoms with E-state index in [-0.39, 0.29) is 18.6 Å². The van der Waals surface area contributed by atoms with Crippen molar-refractivity contribution in [1.82, 2.24) is 9.55 Å². The summed E-state index contributed by atoms with van der Waals surface area (Å²) in [4.78, 5) is 62.3. The average molecular weight is 994 g/mol. The van der Waals surface area contributed by atoms with E-state index in [2.05, 4.69) is 33.2 Å². The first-order chi connectivity index (χ1) is 31.9. The zero-order valence-electron chi connectivity index (χ0n) is 40.3. The van der Waals surface area contributed by atoms with Gasteiger partial charge in [-0.2, -0.15) is 16.1 Å². The Morgan fingerprint density at radius 1 is 0.788 bits per heavy atom. The number of H-pyrrole nitrogens is 1. The van der Waals surface area contributed by atoms with Gasteiger partial charge in [0.1, 0.15) is 12.3 Å². The Kier molecular flexibility index (Phi) is 34.5. The molecule has 0 saturated carbocycles. The summed E-state index contributed by atoms with van der Waals surface area (Å²) in [6.45, 7) is 3.19. The molecule has 0 radical (unpaired) electrons. The minimum Gasteiger partial charge on any atom is -0.459 e. The molecule has 1 aliphatic heterocycles. The van der Waals surface area contributed by atoms with Gasteiger partial charge < -0.3 is 19.3 Å². The second kappa shape index (κ2) is 37.9. The lowest BCUT2D eigenvalue weighted by Gasteiger charge is -2.22. The van der Waals surface area contributed by atoms with Crippen LogP contribution in [0.25, 0.3) is 10.4 Å². The summed E-state index contributed by atoms with van der Waals surface area (Å²) < 4.78 is 52.8. The number of esters is 1. The molecule has 382 valence electrons. The molecule has 4 unspecified atom stereocenters. The van der Waals surface area contributed by atoms with E-state index < -0.39 is 70.6 Å². The summed E-state index contributed by atoms with van der Waals surface area (Å²) in [5.74, 6) is 0.638. The van der Waals surface area contributed by atoms with E-state index in [0.29, 0.717) is 6.42 Å². The topological polar surface area (TPSA) is 241 Å². The van der Waals surface area contributed by atoms with E-state index in [0.717, 1.165) is 54.9 Å². The van der Waals surface area contributed by atoms with Gasteiger partial charge in [0.15, 0.2) is 0 Å². The Labute approximate surface area is 398 Å². The number of azide groups is 1. The van der Waals surface area contributed by atoms with Gasteiger partial charge in [-0.15, -0.1) is 0 Å². The third-order valence-corrected chi connectivity index (χ3v) is 15.6. The highest BCUT2D eigenvalue weighted by molar-refractivity contribution is 7.99. The van der Waals surface area contributed by atoms with Gasteiger partial charge in [-0.1, -0.05) is 192 Å². The maximum Gasteiger partial charge on any atom is 0.481 e. The zero-order valence-corrected chi connectivity index (χ0v) is 42.9. The molecule has 1 fully saturated rings. The fourth-order valence-corrected chi connectivity index (χ4v) is 11.1. The summed E-state index contributed by atoms with van der Waals surface area (Å²) in [6.07, 6.45) is 34.0. The van der Waals surface area contributed by atoms with Gasteiger partial charge in [0, 0.05) is 35.8 Å². The SMILES string of the molecule is CCCCCCCCCCCCCCCCCCSCC(COP(=O)(O)OP(=O)(O)OC[C@H]1O[C@@H](n2ccc(=O)[nH]c2=O)CC1N=[N+]=[N-])OC(=O)CCCCCCCCCCCCCCC. The molecule has 17 nitrogen and oxygen atoms in total. The van der Waals surface area contributed by atoms with E-state index in [1.165, 1.54) is 147 Å². The smallest absolute Gasteiger partial charge is 0.459 e. The van der Waals surface area contributed by atoms with Gasteiger partial charge >= 0.3 is 27.3 Å². The third kappa shape index (κ3) is 30.5. The van der Waals surface area contributed by atoms with Crippen LogP contribution in [-0.4, -0.2) is 68.3 Å². The van der Waals surface area contributed by atoms with Crippen molar-refractivity contribution in [3.05, 3.63) is 43.5 Å². The van der Waals surface area contributed by atoms with Crippen LogP contribution < -0.4 is 11.2 Å². The molecular formula is C46H85N5O12P2S. The van der Waals surface area contributed by atoms with Crippen LogP contribution in [0.15, 0.2) is 27.0 Å². The molecule has 0 aromatic carbocycles. The van der Waals surface area contributed by atoms with E-state index in [1.54, 1.807) is 11.8 Å². The fraction of sp³-hybridized carbons (Fsp3) is 0.891. The second-order valence-corrected chi connectivity index (χ2v) is 21.9. The monoisotopic (exact) mass is 994 g/mol. The number of hydrogen-bond acceptors (Lipinski definition) is 12. The van der Waals surface area contributed by atoms with Crippen LogP contribution in [0.1, 0.15) is 219 Å². The number of nitrogens with zero attached hydrogens (tertiary/aromatic N) is 4. The van der Waals surface area contributed by atoms with Crippen molar-refractivity contribution in [1.29, 1.82) is 0 Å². The maximum absolute atomic E-state index is 12.9.